The van der Waals surface area contributed by atoms with Gasteiger partial charge in [0.2, 0.25) is 0 Å². The molecule has 0 amide bonds. The Balaban J connectivity index is 2.82. The van der Waals surface area contributed by atoms with Crippen LogP contribution in [0.3, 0.4) is 0 Å². The van der Waals surface area contributed by atoms with Crippen molar-refractivity contribution in [1.82, 2.24) is 0 Å². The Labute approximate surface area is 118 Å². The Morgan fingerprint density at radius 3 is 2.65 bits per heavy atom. The zero-order valence-electron chi connectivity index (χ0n) is 11.3. The number of carboxylic acids is 1. The largest absolute Gasteiger partial charge is 0.478 e. The average molecular weight is 296 g/mol. The Morgan fingerprint density at radius 1 is 1.45 bits per heavy atom. The van der Waals surface area contributed by atoms with Crippen molar-refractivity contribution >= 4 is 15.8 Å². The number of carbonyl (C=O) groups is 1. The number of aromatic carboxylic acids is 1. The zero-order valence-corrected chi connectivity index (χ0v) is 12.1. The molecule has 0 aliphatic heterocycles. The van der Waals surface area contributed by atoms with Crippen molar-refractivity contribution in [3.63, 3.8) is 0 Å². The number of rotatable bonds is 6. The fourth-order valence-corrected chi connectivity index (χ4v) is 2.52. The second-order valence-corrected chi connectivity index (χ2v) is 6.76. The molecular formula is C14H16O5S. The second-order valence-electron chi connectivity index (χ2n) is 4.65. The van der Waals surface area contributed by atoms with Gasteiger partial charge in [-0.25, -0.2) is 13.2 Å². The number of sulfone groups is 1. The minimum atomic E-state index is -3.60. The van der Waals surface area contributed by atoms with Gasteiger partial charge in [0.05, 0.1) is 22.8 Å². The van der Waals surface area contributed by atoms with Gasteiger partial charge < -0.3 is 9.84 Å². The molecule has 1 aromatic rings. The molecule has 0 bridgehead atoms. The molecule has 20 heavy (non-hydrogen) atoms. The van der Waals surface area contributed by atoms with Crippen molar-refractivity contribution in [2.45, 2.75) is 24.3 Å². The van der Waals surface area contributed by atoms with Gasteiger partial charge in [-0.2, -0.15) is 0 Å². The van der Waals surface area contributed by atoms with E-state index >= 15 is 0 Å². The SMILES string of the molecule is C#CC(C)(C)OCCS(=O)(=O)c1cccc(C(=O)O)c1. The lowest BCUT2D eigenvalue weighted by atomic mass is 10.1. The maximum absolute atomic E-state index is 12.1. The Bertz CT molecular complexity index is 638. The predicted octanol–water partition coefficient (Wildman–Crippen LogP) is 1.59. The van der Waals surface area contributed by atoms with Gasteiger partial charge in [-0.15, -0.1) is 6.42 Å². The topological polar surface area (TPSA) is 80.7 Å². The first-order valence-corrected chi connectivity index (χ1v) is 7.51. The van der Waals surface area contributed by atoms with Crippen LogP contribution in [0.25, 0.3) is 0 Å². The van der Waals surface area contributed by atoms with Crippen LogP contribution < -0.4 is 0 Å². The van der Waals surface area contributed by atoms with Crippen LogP contribution in [-0.4, -0.2) is 37.5 Å². The normalized spacial score (nSPS) is 11.8. The highest BCUT2D eigenvalue weighted by Gasteiger charge is 2.19. The van der Waals surface area contributed by atoms with E-state index in [-0.39, 0.29) is 22.8 Å². The van der Waals surface area contributed by atoms with Crippen LogP contribution in [0.15, 0.2) is 29.2 Å². The summed E-state index contributed by atoms with van der Waals surface area (Å²) in [6, 6.07) is 5.21. The molecule has 0 fully saturated rings. The van der Waals surface area contributed by atoms with E-state index < -0.39 is 21.4 Å². The maximum atomic E-state index is 12.1. The van der Waals surface area contributed by atoms with Gasteiger partial charge in [0.15, 0.2) is 9.84 Å². The zero-order chi connectivity index (χ0) is 15.4. The lowest BCUT2D eigenvalue weighted by Crippen LogP contribution is -2.25. The van der Waals surface area contributed by atoms with Gasteiger partial charge in [-0.1, -0.05) is 12.0 Å². The van der Waals surface area contributed by atoms with Crippen LogP contribution in [0.2, 0.25) is 0 Å². The molecule has 0 aromatic heterocycles. The average Bonchev–Trinajstić information content (AvgIpc) is 2.38. The van der Waals surface area contributed by atoms with E-state index in [2.05, 4.69) is 5.92 Å². The standard InChI is InChI=1S/C14H16O5S/c1-4-14(2,3)19-8-9-20(17,18)12-7-5-6-11(10-12)13(15)16/h1,5-7,10H,8-9H2,2-3H3,(H,15,16). The Kier molecular flexibility index (Phi) is 4.93. The summed E-state index contributed by atoms with van der Waals surface area (Å²) in [4.78, 5) is 10.8. The van der Waals surface area contributed by atoms with E-state index in [4.69, 9.17) is 16.3 Å². The van der Waals surface area contributed by atoms with E-state index in [0.29, 0.717) is 0 Å². The van der Waals surface area contributed by atoms with Gasteiger partial charge in [-0.3, -0.25) is 0 Å². The summed E-state index contributed by atoms with van der Waals surface area (Å²) >= 11 is 0. The first kappa shape index (κ1) is 16.2. The molecule has 6 heteroatoms. The smallest absolute Gasteiger partial charge is 0.335 e. The first-order chi connectivity index (χ1) is 9.18. The van der Waals surface area contributed by atoms with Crippen molar-refractivity contribution in [1.29, 1.82) is 0 Å². The molecule has 0 saturated carbocycles. The fourth-order valence-electron chi connectivity index (χ4n) is 1.39. The molecule has 1 N–H and O–H groups in total. The summed E-state index contributed by atoms with van der Waals surface area (Å²) < 4.78 is 29.4. The van der Waals surface area contributed by atoms with E-state index in [1.54, 1.807) is 13.8 Å². The maximum Gasteiger partial charge on any atom is 0.335 e. The highest BCUT2D eigenvalue weighted by molar-refractivity contribution is 7.91. The first-order valence-electron chi connectivity index (χ1n) is 5.86. The number of carboxylic acid groups (broad SMARTS) is 1. The minimum absolute atomic E-state index is 0.0421. The molecule has 0 aliphatic rings. The van der Waals surface area contributed by atoms with Gasteiger partial charge in [0.1, 0.15) is 5.60 Å². The molecule has 0 heterocycles. The molecule has 0 atom stereocenters. The molecule has 5 nitrogen and oxygen atoms in total. The summed E-state index contributed by atoms with van der Waals surface area (Å²) in [7, 11) is -3.60. The quantitative estimate of drug-likeness (QED) is 0.806. The van der Waals surface area contributed by atoms with Gasteiger partial charge >= 0.3 is 5.97 Å². The number of hydrogen-bond donors (Lipinski definition) is 1. The minimum Gasteiger partial charge on any atom is -0.478 e. The van der Waals surface area contributed by atoms with Crippen molar-refractivity contribution in [3.05, 3.63) is 29.8 Å². The number of hydrogen-bond acceptors (Lipinski definition) is 4. The Morgan fingerprint density at radius 2 is 2.10 bits per heavy atom. The molecule has 0 unspecified atom stereocenters. The fraction of sp³-hybridized carbons (Fsp3) is 0.357. The van der Waals surface area contributed by atoms with Crippen LogP contribution in [-0.2, 0) is 14.6 Å². The summed E-state index contributed by atoms with van der Waals surface area (Å²) in [6.45, 7) is 3.26. The van der Waals surface area contributed by atoms with Crippen LogP contribution in [0.4, 0.5) is 0 Å². The van der Waals surface area contributed by atoms with Crippen molar-refractivity contribution < 1.29 is 23.1 Å². The van der Waals surface area contributed by atoms with Crippen molar-refractivity contribution in [2.75, 3.05) is 12.4 Å². The molecule has 108 valence electrons. The van der Waals surface area contributed by atoms with E-state index in [0.717, 1.165) is 6.07 Å². The molecule has 1 rings (SSSR count). The summed E-state index contributed by atoms with van der Waals surface area (Å²) in [5.41, 5.74) is -0.908. The summed E-state index contributed by atoms with van der Waals surface area (Å²) in [5, 5.41) is 8.85. The predicted molar refractivity (Wildman–Crippen MR) is 74.3 cm³/mol. The van der Waals surface area contributed by atoms with Crippen LogP contribution in [0.5, 0.6) is 0 Å². The molecule has 0 radical (unpaired) electrons. The highest BCUT2D eigenvalue weighted by Crippen LogP contribution is 2.15. The van der Waals surface area contributed by atoms with Gasteiger partial charge in [0, 0.05) is 0 Å². The summed E-state index contributed by atoms with van der Waals surface area (Å²) in [5.74, 6) is 0.960. The van der Waals surface area contributed by atoms with Crippen LogP contribution >= 0.6 is 0 Å². The third kappa shape index (κ3) is 4.37. The highest BCUT2D eigenvalue weighted by atomic mass is 32.2. The van der Waals surface area contributed by atoms with Gasteiger partial charge in [0.25, 0.3) is 0 Å². The molecule has 0 spiro atoms. The molecular weight excluding hydrogens is 280 g/mol. The van der Waals surface area contributed by atoms with Crippen molar-refractivity contribution in [3.8, 4) is 12.3 Å². The lowest BCUT2D eigenvalue weighted by molar-refractivity contribution is 0.0375. The lowest BCUT2D eigenvalue weighted by Gasteiger charge is -2.18. The number of terminal acetylenes is 1. The van der Waals surface area contributed by atoms with Crippen LogP contribution in [0.1, 0.15) is 24.2 Å². The second kappa shape index (κ2) is 6.07. The molecule has 1 aromatic carbocycles. The van der Waals surface area contributed by atoms with Crippen molar-refractivity contribution in [2.24, 2.45) is 0 Å². The monoisotopic (exact) mass is 296 g/mol. The molecule has 0 aliphatic carbocycles. The Hall–Kier alpha value is -1.84. The third-order valence-electron chi connectivity index (χ3n) is 2.60. The van der Waals surface area contributed by atoms with E-state index in [1.807, 2.05) is 0 Å². The van der Waals surface area contributed by atoms with Crippen LogP contribution in [0, 0.1) is 12.3 Å². The third-order valence-corrected chi connectivity index (χ3v) is 4.28. The van der Waals surface area contributed by atoms with Gasteiger partial charge in [-0.05, 0) is 32.0 Å². The number of benzene rings is 1. The summed E-state index contributed by atoms with van der Waals surface area (Å²) in [6.07, 6.45) is 5.23. The van der Waals surface area contributed by atoms with E-state index in [1.165, 1.54) is 18.2 Å². The number of ether oxygens (including phenoxy) is 1. The molecule has 0 saturated heterocycles. The van der Waals surface area contributed by atoms with E-state index in [9.17, 15) is 13.2 Å².